The monoisotopic (exact) mass is 395 g/mol. The van der Waals surface area contributed by atoms with Gasteiger partial charge >= 0.3 is 0 Å². The Morgan fingerprint density at radius 2 is 1.89 bits per heavy atom. The van der Waals surface area contributed by atoms with Gasteiger partial charge in [-0.25, -0.2) is 8.42 Å². The van der Waals surface area contributed by atoms with Crippen LogP contribution in [0.4, 0.5) is 11.4 Å². The van der Waals surface area contributed by atoms with E-state index < -0.39 is 33.1 Å². The van der Waals surface area contributed by atoms with Crippen molar-refractivity contribution < 1.29 is 27.6 Å². The summed E-state index contributed by atoms with van der Waals surface area (Å²) in [4.78, 5) is 21.4. The molecule has 0 aromatic heterocycles. The number of methoxy groups -OCH3 is 2. The number of nitrogens with two attached hydrogens (primary N) is 1. The van der Waals surface area contributed by atoms with Crippen LogP contribution in [0, 0.1) is 10.1 Å². The van der Waals surface area contributed by atoms with Gasteiger partial charge in [0.15, 0.2) is 0 Å². The van der Waals surface area contributed by atoms with E-state index in [0.29, 0.717) is 5.75 Å². The van der Waals surface area contributed by atoms with Crippen molar-refractivity contribution in [2.24, 2.45) is 5.73 Å². The molecule has 2 aromatic carbocycles. The standard InChI is InChI=1S/C16H17N3O7S/c1-25-12-6-7-14(15(9-12)26-2)18(10-16(17)20)27(23,24)13-5-3-4-11(8-13)19(21)22/h3-9H,10H2,1-2H3,(H2,17,20). The molecule has 2 rings (SSSR count). The van der Waals surface area contributed by atoms with Gasteiger partial charge in [0.2, 0.25) is 5.91 Å². The van der Waals surface area contributed by atoms with Gasteiger partial charge in [-0.1, -0.05) is 6.07 Å². The van der Waals surface area contributed by atoms with Crippen molar-refractivity contribution in [3.05, 3.63) is 52.6 Å². The summed E-state index contributed by atoms with van der Waals surface area (Å²) in [5, 5.41) is 11.0. The fourth-order valence-corrected chi connectivity index (χ4v) is 3.80. The van der Waals surface area contributed by atoms with Crippen LogP contribution in [0.5, 0.6) is 11.5 Å². The molecule has 0 fully saturated rings. The molecule has 0 saturated carbocycles. The minimum atomic E-state index is -4.35. The molecule has 0 spiro atoms. The third-order valence-electron chi connectivity index (χ3n) is 3.57. The number of nitro benzene ring substituents is 1. The average Bonchev–Trinajstić information content (AvgIpc) is 2.65. The first-order valence-electron chi connectivity index (χ1n) is 7.48. The van der Waals surface area contributed by atoms with Crippen LogP contribution < -0.4 is 19.5 Å². The molecule has 1 amide bonds. The summed E-state index contributed by atoms with van der Waals surface area (Å²) in [5.41, 5.74) is 4.84. The number of nitro groups is 1. The smallest absolute Gasteiger partial charge is 0.270 e. The van der Waals surface area contributed by atoms with Crippen LogP contribution in [0.25, 0.3) is 0 Å². The predicted octanol–water partition coefficient (Wildman–Crippen LogP) is 1.29. The van der Waals surface area contributed by atoms with Crippen LogP contribution in [0.3, 0.4) is 0 Å². The number of sulfonamides is 1. The molecule has 27 heavy (non-hydrogen) atoms. The third-order valence-corrected chi connectivity index (χ3v) is 5.33. The van der Waals surface area contributed by atoms with E-state index >= 15 is 0 Å². The Morgan fingerprint density at radius 3 is 2.44 bits per heavy atom. The van der Waals surface area contributed by atoms with E-state index in [2.05, 4.69) is 0 Å². The van der Waals surface area contributed by atoms with Crippen molar-refractivity contribution in [1.82, 2.24) is 0 Å². The van der Waals surface area contributed by atoms with E-state index in [0.717, 1.165) is 16.4 Å². The quantitative estimate of drug-likeness (QED) is 0.524. The largest absolute Gasteiger partial charge is 0.497 e. The number of anilines is 1. The highest BCUT2D eigenvalue weighted by Gasteiger charge is 2.30. The van der Waals surface area contributed by atoms with E-state index in [9.17, 15) is 23.3 Å². The van der Waals surface area contributed by atoms with Gasteiger partial charge in [0.1, 0.15) is 18.0 Å². The SMILES string of the molecule is COc1ccc(N(CC(N)=O)S(=O)(=O)c2cccc([N+](=O)[O-])c2)c(OC)c1. The molecule has 0 radical (unpaired) electrons. The number of amides is 1. The molecule has 0 saturated heterocycles. The molecule has 11 heteroatoms. The second-order valence-corrected chi connectivity index (χ2v) is 7.13. The maximum absolute atomic E-state index is 13.1. The van der Waals surface area contributed by atoms with E-state index in [1.807, 2.05) is 0 Å². The van der Waals surface area contributed by atoms with Gasteiger partial charge in [0, 0.05) is 18.2 Å². The Balaban J connectivity index is 2.64. The summed E-state index contributed by atoms with van der Waals surface area (Å²) in [7, 11) is -1.60. The van der Waals surface area contributed by atoms with E-state index in [1.165, 1.54) is 44.6 Å². The van der Waals surface area contributed by atoms with Crippen LogP contribution in [-0.2, 0) is 14.8 Å². The van der Waals surface area contributed by atoms with Gasteiger partial charge in [-0.05, 0) is 18.2 Å². The van der Waals surface area contributed by atoms with Gasteiger partial charge in [0.25, 0.3) is 15.7 Å². The zero-order valence-corrected chi connectivity index (χ0v) is 15.3. The molecule has 0 aliphatic heterocycles. The Kier molecular flexibility index (Phi) is 5.85. The topological polar surface area (TPSA) is 142 Å². The Morgan fingerprint density at radius 1 is 1.19 bits per heavy atom. The number of nitrogens with zero attached hydrogens (tertiary/aromatic N) is 2. The first-order chi connectivity index (χ1) is 12.7. The number of hydrogen-bond acceptors (Lipinski definition) is 7. The van der Waals surface area contributed by atoms with E-state index in [4.69, 9.17) is 15.2 Å². The van der Waals surface area contributed by atoms with Crippen molar-refractivity contribution in [2.75, 3.05) is 25.1 Å². The minimum Gasteiger partial charge on any atom is -0.497 e. The number of rotatable bonds is 8. The second kappa shape index (κ2) is 7.91. The molecule has 0 atom stereocenters. The Labute approximate surface area is 155 Å². The third kappa shape index (κ3) is 4.26. The lowest BCUT2D eigenvalue weighted by Gasteiger charge is -2.25. The number of non-ortho nitro benzene ring substituents is 1. The van der Waals surface area contributed by atoms with Crippen LogP contribution in [0.1, 0.15) is 0 Å². The molecule has 10 nitrogen and oxygen atoms in total. The molecule has 0 unspecified atom stereocenters. The average molecular weight is 395 g/mol. The van der Waals surface area contributed by atoms with Crippen LogP contribution >= 0.6 is 0 Å². The number of benzene rings is 2. The predicted molar refractivity (Wildman–Crippen MR) is 96.4 cm³/mol. The summed E-state index contributed by atoms with van der Waals surface area (Å²) in [6.45, 7) is -0.687. The van der Waals surface area contributed by atoms with Crippen molar-refractivity contribution in [1.29, 1.82) is 0 Å². The van der Waals surface area contributed by atoms with Gasteiger partial charge in [-0.3, -0.25) is 19.2 Å². The van der Waals surface area contributed by atoms with Gasteiger partial charge in [-0.15, -0.1) is 0 Å². The number of ether oxygens (including phenoxy) is 2. The highest BCUT2D eigenvalue weighted by atomic mass is 32.2. The number of primary amides is 1. The van der Waals surface area contributed by atoms with Crippen LogP contribution in [0.2, 0.25) is 0 Å². The molecule has 2 aromatic rings. The number of hydrogen-bond donors (Lipinski definition) is 1. The maximum atomic E-state index is 13.1. The lowest BCUT2D eigenvalue weighted by molar-refractivity contribution is -0.385. The van der Waals surface area contributed by atoms with Crippen molar-refractivity contribution in [2.45, 2.75) is 4.90 Å². The molecule has 2 N–H and O–H groups in total. The molecule has 0 aliphatic rings. The highest BCUT2D eigenvalue weighted by molar-refractivity contribution is 7.92. The fraction of sp³-hybridized carbons (Fsp3) is 0.188. The van der Waals surface area contributed by atoms with Gasteiger partial charge in [0.05, 0.1) is 29.7 Å². The van der Waals surface area contributed by atoms with E-state index in [1.54, 1.807) is 0 Å². The van der Waals surface area contributed by atoms with Gasteiger partial charge in [-0.2, -0.15) is 0 Å². The van der Waals surface area contributed by atoms with E-state index in [-0.39, 0.29) is 16.3 Å². The number of carbonyl (C=O) groups excluding carboxylic acids is 1. The molecular weight excluding hydrogens is 378 g/mol. The van der Waals surface area contributed by atoms with Crippen molar-refractivity contribution in [3.8, 4) is 11.5 Å². The Hall–Kier alpha value is -3.34. The Bertz CT molecular complexity index is 976. The summed E-state index contributed by atoms with van der Waals surface area (Å²) in [6, 6.07) is 8.78. The molecule has 0 bridgehead atoms. The number of carbonyl (C=O) groups is 1. The summed E-state index contributed by atoms with van der Waals surface area (Å²) in [5.74, 6) is -0.395. The zero-order chi connectivity index (χ0) is 20.2. The second-order valence-electron chi connectivity index (χ2n) is 5.27. The zero-order valence-electron chi connectivity index (χ0n) is 14.5. The van der Waals surface area contributed by atoms with Crippen LogP contribution in [-0.4, -0.2) is 40.0 Å². The van der Waals surface area contributed by atoms with Crippen LogP contribution in [0.15, 0.2) is 47.4 Å². The lowest BCUT2D eigenvalue weighted by atomic mass is 10.2. The minimum absolute atomic E-state index is 0.0311. The molecule has 144 valence electrons. The first kappa shape index (κ1) is 20.0. The lowest BCUT2D eigenvalue weighted by Crippen LogP contribution is -2.38. The first-order valence-corrected chi connectivity index (χ1v) is 8.92. The molecule has 0 aliphatic carbocycles. The summed E-state index contributed by atoms with van der Waals surface area (Å²) < 4.78 is 37.1. The molecular formula is C16H17N3O7S. The van der Waals surface area contributed by atoms with Crippen molar-refractivity contribution in [3.63, 3.8) is 0 Å². The highest BCUT2D eigenvalue weighted by Crippen LogP contribution is 2.35. The van der Waals surface area contributed by atoms with Gasteiger partial charge < -0.3 is 15.2 Å². The summed E-state index contributed by atoms with van der Waals surface area (Å²) >= 11 is 0. The normalized spacial score (nSPS) is 10.9. The molecule has 0 heterocycles. The maximum Gasteiger partial charge on any atom is 0.270 e. The fourth-order valence-electron chi connectivity index (χ4n) is 2.32. The summed E-state index contributed by atoms with van der Waals surface area (Å²) in [6.07, 6.45) is 0. The van der Waals surface area contributed by atoms with Crippen molar-refractivity contribution >= 4 is 27.3 Å².